The number of ether oxygens (including phenoxy) is 1. The van der Waals surface area contributed by atoms with Crippen LogP contribution < -0.4 is 14.8 Å². The first-order valence-electron chi connectivity index (χ1n) is 12.7. The number of hydrogen-bond donors (Lipinski definition) is 2. The SMILES string of the molecule is CC(C)CC(CS(=O)(=O)NC(CCc1ccccc1)C(=O)COc1ccccc1)NC(=O)c1cccnc1. The van der Waals surface area contributed by atoms with Gasteiger partial charge in [0.15, 0.2) is 5.78 Å². The second kappa shape index (κ2) is 14.4. The number of pyridine rings is 1. The largest absolute Gasteiger partial charge is 0.486 e. The van der Waals surface area contributed by atoms with Gasteiger partial charge in [0.25, 0.3) is 5.91 Å². The van der Waals surface area contributed by atoms with Crippen LogP contribution in [0.25, 0.3) is 0 Å². The molecule has 3 aromatic rings. The fourth-order valence-corrected chi connectivity index (χ4v) is 5.57. The van der Waals surface area contributed by atoms with Crippen molar-refractivity contribution in [2.75, 3.05) is 12.4 Å². The van der Waals surface area contributed by atoms with Gasteiger partial charge in [0, 0.05) is 18.4 Å². The number of para-hydroxylation sites is 1. The molecule has 0 spiro atoms. The Balaban J connectivity index is 1.71. The molecule has 0 radical (unpaired) electrons. The molecule has 0 saturated heterocycles. The van der Waals surface area contributed by atoms with Crippen LogP contribution in [0.15, 0.2) is 85.2 Å². The van der Waals surface area contributed by atoms with Crippen LogP contribution in [-0.2, 0) is 21.2 Å². The summed E-state index contributed by atoms with van der Waals surface area (Å²) in [7, 11) is -3.94. The highest BCUT2D eigenvalue weighted by molar-refractivity contribution is 7.89. The number of aryl methyl sites for hydroxylation is 1. The zero-order chi connectivity index (χ0) is 27.4. The van der Waals surface area contributed by atoms with Crippen LogP contribution in [0, 0.1) is 5.92 Å². The summed E-state index contributed by atoms with van der Waals surface area (Å²) < 4.78 is 34.7. The summed E-state index contributed by atoms with van der Waals surface area (Å²) in [5.74, 6) is -0.453. The Morgan fingerprint density at radius 2 is 1.63 bits per heavy atom. The Labute approximate surface area is 224 Å². The minimum Gasteiger partial charge on any atom is -0.486 e. The molecule has 0 fully saturated rings. The molecule has 1 amide bonds. The highest BCUT2D eigenvalue weighted by atomic mass is 32.2. The average Bonchev–Trinajstić information content (AvgIpc) is 2.90. The lowest BCUT2D eigenvalue weighted by atomic mass is 10.0. The Kier molecular flexibility index (Phi) is 11.0. The summed E-state index contributed by atoms with van der Waals surface area (Å²) in [4.78, 5) is 29.8. The number of nitrogens with zero attached hydrogens (tertiary/aromatic N) is 1. The number of carbonyl (C=O) groups excluding carboxylic acids is 2. The van der Waals surface area contributed by atoms with Crippen molar-refractivity contribution in [1.29, 1.82) is 0 Å². The van der Waals surface area contributed by atoms with Crippen LogP contribution in [0.5, 0.6) is 5.75 Å². The molecule has 38 heavy (non-hydrogen) atoms. The monoisotopic (exact) mass is 537 g/mol. The van der Waals surface area contributed by atoms with Crippen molar-refractivity contribution in [3.63, 3.8) is 0 Å². The van der Waals surface area contributed by atoms with Gasteiger partial charge in [0.05, 0.1) is 17.4 Å². The van der Waals surface area contributed by atoms with Crippen molar-refractivity contribution in [2.45, 2.75) is 45.2 Å². The predicted molar refractivity (Wildman–Crippen MR) is 147 cm³/mol. The summed E-state index contributed by atoms with van der Waals surface area (Å²) in [5, 5.41) is 2.82. The van der Waals surface area contributed by atoms with E-state index in [1.807, 2.05) is 50.2 Å². The average molecular weight is 538 g/mol. The maximum Gasteiger partial charge on any atom is 0.253 e. The van der Waals surface area contributed by atoms with Gasteiger partial charge in [-0.05, 0) is 55.0 Å². The maximum atomic E-state index is 13.3. The quantitative estimate of drug-likeness (QED) is 0.305. The van der Waals surface area contributed by atoms with E-state index < -0.39 is 28.0 Å². The maximum absolute atomic E-state index is 13.3. The van der Waals surface area contributed by atoms with Gasteiger partial charge in [-0.2, -0.15) is 0 Å². The third-order valence-corrected chi connectivity index (χ3v) is 7.32. The van der Waals surface area contributed by atoms with E-state index in [0.29, 0.717) is 24.2 Å². The van der Waals surface area contributed by atoms with E-state index >= 15 is 0 Å². The fraction of sp³-hybridized carbons (Fsp3) is 0.345. The number of aromatic nitrogens is 1. The van der Waals surface area contributed by atoms with Gasteiger partial charge in [0.2, 0.25) is 10.0 Å². The smallest absolute Gasteiger partial charge is 0.253 e. The third kappa shape index (κ3) is 10.1. The topological polar surface area (TPSA) is 114 Å². The van der Waals surface area contributed by atoms with Crippen molar-refractivity contribution in [2.24, 2.45) is 5.92 Å². The van der Waals surface area contributed by atoms with E-state index in [2.05, 4.69) is 15.0 Å². The number of sulfonamides is 1. The highest BCUT2D eigenvalue weighted by Gasteiger charge is 2.28. The lowest BCUT2D eigenvalue weighted by Gasteiger charge is -2.23. The first kappa shape index (κ1) is 29.0. The van der Waals surface area contributed by atoms with E-state index in [1.165, 1.54) is 6.20 Å². The Bertz CT molecular complexity index is 1250. The van der Waals surface area contributed by atoms with Crippen LogP contribution in [-0.4, -0.2) is 49.5 Å². The van der Waals surface area contributed by atoms with E-state index in [9.17, 15) is 18.0 Å². The number of amides is 1. The van der Waals surface area contributed by atoms with Gasteiger partial charge in [-0.25, -0.2) is 13.1 Å². The number of rotatable bonds is 15. The Hall–Kier alpha value is -3.56. The molecule has 8 nitrogen and oxygen atoms in total. The molecule has 0 saturated carbocycles. The molecule has 2 atom stereocenters. The van der Waals surface area contributed by atoms with E-state index in [4.69, 9.17) is 4.74 Å². The standard InChI is InChI=1S/C29H35N3O5S/c1-22(2)18-25(31-29(34)24-12-9-17-30-19-24)21-38(35,36)32-27(16-15-23-10-5-3-6-11-23)28(33)20-37-26-13-7-4-8-14-26/h3-14,17,19,22,25,27,32H,15-16,18,20-21H2,1-2H3,(H,31,34). The van der Waals surface area contributed by atoms with Crippen molar-refractivity contribution in [1.82, 2.24) is 15.0 Å². The second-order valence-electron chi connectivity index (χ2n) is 9.59. The first-order valence-corrected chi connectivity index (χ1v) is 14.3. The Morgan fingerprint density at radius 1 is 0.947 bits per heavy atom. The summed E-state index contributed by atoms with van der Waals surface area (Å²) in [5.41, 5.74) is 1.34. The normalized spacial score (nSPS) is 13.0. The lowest BCUT2D eigenvalue weighted by Crippen LogP contribution is -2.48. The van der Waals surface area contributed by atoms with Crippen LogP contribution in [0.2, 0.25) is 0 Å². The summed E-state index contributed by atoms with van der Waals surface area (Å²) >= 11 is 0. The minimum atomic E-state index is -3.94. The lowest BCUT2D eigenvalue weighted by molar-refractivity contribution is -0.122. The minimum absolute atomic E-state index is 0.138. The van der Waals surface area contributed by atoms with Crippen molar-refractivity contribution in [3.8, 4) is 5.75 Å². The molecule has 2 unspecified atom stereocenters. The van der Waals surface area contributed by atoms with Crippen molar-refractivity contribution >= 4 is 21.7 Å². The molecule has 0 aliphatic rings. The van der Waals surface area contributed by atoms with E-state index in [-0.39, 0.29) is 30.5 Å². The third-order valence-electron chi connectivity index (χ3n) is 5.83. The van der Waals surface area contributed by atoms with Gasteiger partial charge in [-0.15, -0.1) is 0 Å². The van der Waals surface area contributed by atoms with Crippen molar-refractivity contribution < 1.29 is 22.7 Å². The number of ketones is 1. The van der Waals surface area contributed by atoms with Crippen LogP contribution >= 0.6 is 0 Å². The van der Waals surface area contributed by atoms with Gasteiger partial charge in [0.1, 0.15) is 12.4 Å². The molecule has 0 bridgehead atoms. The Morgan fingerprint density at radius 3 is 2.26 bits per heavy atom. The number of Topliss-reactive ketones (excluding diaryl/α,β-unsaturated/α-hetero) is 1. The summed E-state index contributed by atoms with van der Waals surface area (Å²) in [6.07, 6.45) is 4.23. The molecule has 1 aromatic heterocycles. The number of nitrogens with one attached hydrogen (secondary N) is 2. The molecule has 0 aliphatic heterocycles. The molecule has 2 aromatic carbocycles. The molecule has 2 N–H and O–H groups in total. The van der Waals surface area contributed by atoms with Gasteiger partial charge in [-0.3, -0.25) is 14.6 Å². The molecular weight excluding hydrogens is 502 g/mol. The van der Waals surface area contributed by atoms with Crippen molar-refractivity contribution in [3.05, 3.63) is 96.3 Å². The number of hydrogen-bond acceptors (Lipinski definition) is 6. The number of carbonyl (C=O) groups is 2. The number of benzene rings is 2. The van der Waals surface area contributed by atoms with E-state index in [0.717, 1.165) is 5.56 Å². The zero-order valence-corrected chi connectivity index (χ0v) is 22.6. The fourth-order valence-electron chi connectivity index (χ4n) is 4.05. The molecule has 9 heteroatoms. The van der Waals surface area contributed by atoms with E-state index in [1.54, 1.807) is 42.6 Å². The molecule has 0 aliphatic carbocycles. The summed E-state index contributed by atoms with van der Waals surface area (Å²) in [6, 6.07) is 20.1. The molecule has 202 valence electrons. The molecule has 1 heterocycles. The molecular formula is C29H35N3O5S. The second-order valence-corrected chi connectivity index (χ2v) is 11.4. The van der Waals surface area contributed by atoms with Gasteiger partial charge in [-0.1, -0.05) is 62.4 Å². The zero-order valence-electron chi connectivity index (χ0n) is 21.7. The van der Waals surface area contributed by atoms with Crippen LogP contribution in [0.4, 0.5) is 0 Å². The first-order chi connectivity index (χ1) is 18.2. The van der Waals surface area contributed by atoms with Gasteiger partial charge >= 0.3 is 0 Å². The highest BCUT2D eigenvalue weighted by Crippen LogP contribution is 2.13. The van der Waals surface area contributed by atoms with Crippen LogP contribution in [0.3, 0.4) is 0 Å². The molecule has 3 rings (SSSR count). The predicted octanol–water partition coefficient (Wildman–Crippen LogP) is 3.80. The summed E-state index contributed by atoms with van der Waals surface area (Å²) in [6.45, 7) is 3.64. The van der Waals surface area contributed by atoms with Gasteiger partial charge < -0.3 is 10.1 Å². The van der Waals surface area contributed by atoms with Crippen LogP contribution in [0.1, 0.15) is 42.6 Å².